The van der Waals surface area contributed by atoms with E-state index in [4.69, 9.17) is 19.9 Å². The van der Waals surface area contributed by atoms with Crippen LogP contribution in [0.3, 0.4) is 0 Å². The molecule has 104 valence electrons. The fourth-order valence-corrected chi connectivity index (χ4v) is 1.84. The molecule has 1 fully saturated rings. The van der Waals surface area contributed by atoms with Crippen LogP contribution < -0.4 is 15.8 Å². The molecule has 1 aromatic rings. The van der Waals surface area contributed by atoms with Gasteiger partial charge in [0.25, 0.3) is 5.91 Å². The molecule has 0 saturated carbocycles. The van der Waals surface area contributed by atoms with Gasteiger partial charge in [-0.2, -0.15) is 0 Å². The number of rotatable bonds is 4. The zero-order valence-corrected chi connectivity index (χ0v) is 10.8. The zero-order valence-electron chi connectivity index (χ0n) is 10.8. The maximum absolute atomic E-state index is 11.9. The van der Waals surface area contributed by atoms with Crippen LogP contribution in [0.15, 0.2) is 18.2 Å². The first kappa shape index (κ1) is 13.6. The largest absolute Gasteiger partial charge is 0.495 e. The number of methoxy groups -OCH3 is 1. The minimum absolute atomic E-state index is 0.0895. The number of nitrogens with two attached hydrogens (primary N) is 1. The summed E-state index contributed by atoms with van der Waals surface area (Å²) in [6, 6.07) is 4.93. The van der Waals surface area contributed by atoms with Crippen molar-refractivity contribution in [3.8, 4) is 5.75 Å². The predicted molar refractivity (Wildman–Crippen MR) is 70.3 cm³/mol. The van der Waals surface area contributed by atoms with Crippen LogP contribution in [0, 0.1) is 0 Å². The highest BCUT2D eigenvalue weighted by Crippen LogP contribution is 2.21. The highest BCUT2D eigenvalue weighted by atomic mass is 16.6. The summed E-state index contributed by atoms with van der Waals surface area (Å²) in [4.78, 5) is 11.9. The van der Waals surface area contributed by atoms with E-state index in [2.05, 4.69) is 5.32 Å². The molecule has 0 radical (unpaired) electrons. The maximum atomic E-state index is 11.9. The lowest BCUT2D eigenvalue weighted by molar-refractivity contribution is -0.0855. The van der Waals surface area contributed by atoms with Crippen molar-refractivity contribution >= 4 is 11.6 Å². The van der Waals surface area contributed by atoms with Gasteiger partial charge < -0.3 is 25.3 Å². The molecule has 1 heterocycles. The van der Waals surface area contributed by atoms with Crippen molar-refractivity contribution in [3.05, 3.63) is 23.8 Å². The Kier molecular flexibility index (Phi) is 4.59. The highest BCUT2D eigenvalue weighted by molar-refractivity contribution is 5.95. The molecule has 0 bridgehead atoms. The zero-order chi connectivity index (χ0) is 13.7. The van der Waals surface area contributed by atoms with E-state index in [-0.39, 0.29) is 12.0 Å². The van der Waals surface area contributed by atoms with Crippen molar-refractivity contribution < 1.29 is 19.0 Å². The van der Waals surface area contributed by atoms with Gasteiger partial charge in [0.05, 0.1) is 38.7 Å². The average Bonchev–Trinajstić information content (AvgIpc) is 2.45. The fraction of sp³-hybridized carbons (Fsp3) is 0.462. The van der Waals surface area contributed by atoms with E-state index < -0.39 is 0 Å². The molecule has 6 nitrogen and oxygen atoms in total. The van der Waals surface area contributed by atoms with Crippen LogP contribution in [-0.4, -0.2) is 45.5 Å². The van der Waals surface area contributed by atoms with Crippen molar-refractivity contribution in [2.24, 2.45) is 0 Å². The van der Waals surface area contributed by atoms with Crippen LogP contribution in [0.4, 0.5) is 5.69 Å². The summed E-state index contributed by atoms with van der Waals surface area (Å²) >= 11 is 0. The number of hydrogen-bond acceptors (Lipinski definition) is 5. The Labute approximate surface area is 111 Å². The van der Waals surface area contributed by atoms with Crippen molar-refractivity contribution in [1.29, 1.82) is 0 Å². The summed E-state index contributed by atoms with van der Waals surface area (Å²) in [7, 11) is 1.53. The maximum Gasteiger partial charge on any atom is 0.251 e. The van der Waals surface area contributed by atoms with Gasteiger partial charge in [0, 0.05) is 12.1 Å². The van der Waals surface area contributed by atoms with E-state index in [0.717, 1.165) is 0 Å². The van der Waals surface area contributed by atoms with Crippen LogP contribution in [-0.2, 0) is 9.47 Å². The quantitative estimate of drug-likeness (QED) is 0.772. The molecule has 1 aliphatic rings. The van der Waals surface area contributed by atoms with E-state index in [1.165, 1.54) is 7.11 Å². The summed E-state index contributed by atoms with van der Waals surface area (Å²) in [5, 5.41) is 2.79. The lowest BCUT2D eigenvalue weighted by Gasteiger charge is -2.23. The first-order valence-electron chi connectivity index (χ1n) is 6.11. The molecule has 3 N–H and O–H groups in total. The molecule has 19 heavy (non-hydrogen) atoms. The first-order chi connectivity index (χ1) is 9.20. The van der Waals surface area contributed by atoms with Crippen molar-refractivity contribution in [2.45, 2.75) is 6.10 Å². The summed E-state index contributed by atoms with van der Waals surface area (Å²) < 4.78 is 15.7. The Morgan fingerprint density at radius 2 is 2.37 bits per heavy atom. The third kappa shape index (κ3) is 3.59. The molecule has 1 saturated heterocycles. The molecule has 0 spiro atoms. The number of hydrogen-bond donors (Lipinski definition) is 2. The number of anilines is 1. The van der Waals surface area contributed by atoms with Gasteiger partial charge in [-0.15, -0.1) is 0 Å². The number of carbonyl (C=O) groups is 1. The number of ether oxygens (including phenoxy) is 3. The normalized spacial score (nSPS) is 18.9. The molecule has 6 heteroatoms. The van der Waals surface area contributed by atoms with Crippen LogP contribution in [0.25, 0.3) is 0 Å². The van der Waals surface area contributed by atoms with Gasteiger partial charge in [-0.05, 0) is 18.2 Å². The highest BCUT2D eigenvalue weighted by Gasteiger charge is 2.16. The van der Waals surface area contributed by atoms with Crippen molar-refractivity contribution in [1.82, 2.24) is 5.32 Å². The molecule has 1 aliphatic heterocycles. The number of nitrogen functional groups attached to an aromatic ring is 1. The second-order valence-corrected chi connectivity index (χ2v) is 4.23. The minimum atomic E-state index is -0.191. The molecule has 0 aromatic heterocycles. The molecule has 1 unspecified atom stereocenters. The third-order valence-corrected chi connectivity index (χ3v) is 2.87. The monoisotopic (exact) mass is 266 g/mol. The van der Waals surface area contributed by atoms with Gasteiger partial charge in [-0.25, -0.2) is 0 Å². The Balaban J connectivity index is 1.90. The summed E-state index contributed by atoms with van der Waals surface area (Å²) in [6.07, 6.45) is -0.0895. The SMILES string of the molecule is COc1ccc(C(=O)NCC2COCCO2)cc1N. The number of carbonyl (C=O) groups excluding carboxylic acids is 1. The van der Waals surface area contributed by atoms with E-state index in [0.29, 0.717) is 43.4 Å². The predicted octanol–water partition coefficient (Wildman–Crippen LogP) is 0.423. The number of amides is 1. The second-order valence-electron chi connectivity index (χ2n) is 4.23. The standard InChI is InChI=1S/C13H18N2O4/c1-17-12-3-2-9(6-11(12)14)13(16)15-7-10-8-18-4-5-19-10/h2-3,6,10H,4-5,7-8,14H2,1H3,(H,15,16). The molecular weight excluding hydrogens is 248 g/mol. The lowest BCUT2D eigenvalue weighted by Crippen LogP contribution is -2.39. The van der Waals surface area contributed by atoms with Gasteiger partial charge in [0.1, 0.15) is 5.75 Å². The minimum Gasteiger partial charge on any atom is -0.495 e. The molecule has 1 aromatic carbocycles. The molecular formula is C13H18N2O4. The van der Waals surface area contributed by atoms with E-state index in [1.807, 2.05) is 0 Å². The average molecular weight is 266 g/mol. The molecule has 2 rings (SSSR count). The Hall–Kier alpha value is -1.79. The van der Waals surface area contributed by atoms with Gasteiger partial charge in [0.2, 0.25) is 0 Å². The van der Waals surface area contributed by atoms with Gasteiger partial charge in [0.15, 0.2) is 0 Å². The molecule has 0 aliphatic carbocycles. The van der Waals surface area contributed by atoms with Crippen LogP contribution in [0.5, 0.6) is 5.75 Å². The Morgan fingerprint density at radius 1 is 1.53 bits per heavy atom. The Bertz CT molecular complexity index is 444. The smallest absolute Gasteiger partial charge is 0.251 e. The summed E-state index contributed by atoms with van der Waals surface area (Å²) in [5.41, 5.74) is 6.69. The van der Waals surface area contributed by atoms with E-state index >= 15 is 0 Å². The van der Waals surface area contributed by atoms with E-state index in [1.54, 1.807) is 18.2 Å². The van der Waals surface area contributed by atoms with E-state index in [9.17, 15) is 4.79 Å². The topological polar surface area (TPSA) is 82.8 Å². The van der Waals surface area contributed by atoms with Gasteiger partial charge in [-0.3, -0.25) is 4.79 Å². The number of nitrogens with one attached hydrogen (secondary N) is 1. The van der Waals surface area contributed by atoms with Crippen LogP contribution in [0.1, 0.15) is 10.4 Å². The van der Waals surface area contributed by atoms with Gasteiger partial charge in [-0.1, -0.05) is 0 Å². The van der Waals surface area contributed by atoms with Crippen molar-refractivity contribution in [2.75, 3.05) is 39.2 Å². The fourth-order valence-electron chi connectivity index (χ4n) is 1.84. The van der Waals surface area contributed by atoms with Crippen LogP contribution in [0.2, 0.25) is 0 Å². The number of benzene rings is 1. The van der Waals surface area contributed by atoms with Crippen molar-refractivity contribution in [3.63, 3.8) is 0 Å². The van der Waals surface area contributed by atoms with Gasteiger partial charge >= 0.3 is 0 Å². The third-order valence-electron chi connectivity index (χ3n) is 2.87. The summed E-state index contributed by atoms with van der Waals surface area (Å²) in [6.45, 7) is 2.10. The van der Waals surface area contributed by atoms with Crippen LogP contribution >= 0.6 is 0 Å². The molecule has 1 amide bonds. The Morgan fingerprint density at radius 3 is 3.00 bits per heavy atom. The first-order valence-corrected chi connectivity index (χ1v) is 6.11. The summed E-state index contributed by atoms with van der Waals surface area (Å²) in [5.74, 6) is 0.365. The lowest BCUT2D eigenvalue weighted by atomic mass is 10.1. The molecule has 1 atom stereocenters. The second kappa shape index (κ2) is 6.40.